The molecule has 8 heteroatoms. The molecule has 176 valence electrons. The van der Waals surface area contributed by atoms with E-state index in [1.54, 1.807) is 53.6 Å². The zero-order valence-electron chi connectivity index (χ0n) is 18.8. The highest BCUT2D eigenvalue weighted by Gasteiger charge is 2.25. The fourth-order valence-electron chi connectivity index (χ4n) is 4.20. The number of carbonyl (C=O) groups is 2. The van der Waals surface area contributed by atoms with Crippen molar-refractivity contribution >= 4 is 17.6 Å². The summed E-state index contributed by atoms with van der Waals surface area (Å²) in [5.41, 5.74) is 2.92. The molecule has 3 aromatic carbocycles. The second kappa shape index (κ2) is 9.72. The molecule has 1 saturated heterocycles. The van der Waals surface area contributed by atoms with Crippen molar-refractivity contribution in [3.05, 3.63) is 96.6 Å². The van der Waals surface area contributed by atoms with Gasteiger partial charge in [-0.2, -0.15) is 0 Å². The normalized spacial score (nSPS) is 13.5. The van der Waals surface area contributed by atoms with Crippen LogP contribution in [0.25, 0.3) is 11.3 Å². The van der Waals surface area contributed by atoms with Gasteiger partial charge in [-0.25, -0.2) is 9.78 Å². The van der Waals surface area contributed by atoms with Crippen LogP contribution in [-0.4, -0.2) is 53.0 Å². The van der Waals surface area contributed by atoms with E-state index >= 15 is 0 Å². The molecule has 0 aliphatic carbocycles. The molecule has 0 saturated carbocycles. The van der Waals surface area contributed by atoms with E-state index in [4.69, 9.17) is 9.15 Å². The smallest absolute Gasteiger partial charge is 0.337 e. The molecule has 1 N–H and O–H groups in total. The van der Waals surface area contributed by atoms with E-state index in [0.29, 0.717) is 54.6 Å². The minimum Gasteiger partial charge on any atom is -0.478 e. The lowest BCUT2D eigenvalue weighted by molar-refractivity contribution is 0.0693. The van der Waals surface area contributed by atoms with Crippen LogP contribution in [0.4, 0.5) is 5.69 Å². The van der Waals surface area contributed by atoms with Gasteiger partial charge >= 0.3 is 5.97 Å². The molecule has 1 aliphatic heterocycles. The Morgan fingerprint density at radius 3 is 2.46 bits per heavy atom. The van der Waals surface area contributed by atoms with Gasteiger partial charge in [0.25, 0.3) is 5.91 Å². The summed E-state index contributed by atoms with van der Waals surface area (Å²) < 4.78 is 11.2. The number of rotatable bonds is 6. The maximum Gasteiger partial charge on any atom is 0.337 e. The number of nitrogens with zero attached hydrogens (tertiary/aromatic N) is 3. The Labute approximate surface area is 202 Å². The Bertz CT molecular complexity index is 1340. The van der Waals surface area contributed by atoms with Gasteiger partial charge in [-0.15, -0.1) is 0 Å². The molecule has 0 unspecified atom stereocenters. The highest BCUT2D eigenvalue weighted by molar-refractivity contribution is 5.96. The summed E-state index contributed by atoms with van der Waals surface area (Å²) >= 11 is 0. The first-order valence-corrected chi connectivity index (χ1v) is 11.2. The Hall–Kier alpha value is -4.59. The monoisotopic (exact) mass is 469 g/mol. The van der Waals surface area contributed by atoms with E-state index in [2.05, 4.69) is 4.98 Å². The Morgan fingerprint density at radius 2 is 1.69 bits per heavy atom. The Balaban J connectivity index is 1.28. The summed E-state index contributed by atoms with van der Waals surface area (Å²) in [4.78, 5) is 32.8. The van der Waals surface area contributed by atoms with Crippen LogP contribution >= 0.6 is 0 Å². The van der Waals surface area contributed by atoms with Crippen molar-refractivity contribution in [2.24, 2.45) is 0 Å². The summed E-state index contributed by atoms with van der Waals surface area (Å²) in [5, 5.41) is 9.48. The fourth-order valence-corrected chi connectivity index (χ4v) is 4.20. The van der Waals surface area contributed by atoms with Gasteiger partial charge in [-0.05, 0) is 42.5 Å². The molecule has 0 radical (unpaired) electrons. The van der Waals surface area contributed by atoms with E-state index in [1.807, 2.05) is 35.2 Å². The average molecular weight is 469 g/mol. The van der Waals surface area contributed by atoms with Crippen LogP contribution in [0.2, 0.25) is 0 Å². The third kappa shape index (κ3) is 4.72. The molecule has 2 heterocycles. The number of carboxylic acids is 1. The number of benzene rings is 3. The Morgan fingerprint density at radius 1 is 0.914 bits per heavy atom. The van der Waals surface area contributed by atoms with Crippen LogP contribution in [0, 0.1) is 0 Å². The van der Waals surface area contributed by atoms with Crippen LogP contribution in [0.1, 0.15) is 20.7 Å². The largest absolute Gasteiger partial charge is 0.478 e. The van der Waals surface area contributed by atoms with Crippen LogP contribution in [-0.2, 0) is 0 Å². The highest BCUT2D eigenvalue weighted by Crippen LogP contribution is 2.32. The van der Waals surface area contributed by atoms with Crippen molar-refractivity contribution < 1.29 is 23.8 Å². The number of carboxylic acid groups (broad SMARTS) is 1. The van der Waals surface area contributed by atoms with E-state index in [1.165, 1.54) is 6.39 Å². The van der Waals surface area contributed by atoms with Crippen LogP contribution in [0.3, 0.4) is 0 Å². The minimum absolute atomic E-state index is 0.0913. The molecular formula is C27H23N3O5. The van der Waals surface area contributed by atoms with Gasteiger partial charge in [0.15, 0.2) is 6.39 Å². The predicted molar refractivity (Wildman–Crippen MR) is 130 cm³/mol. The van der Waals surface area contributed by atoms with Crippen molar-refractivity contribution in [2.45, 2.75) is 0 Å². The average Bonchev–Trinajstić information content (AvgIpc) is 3.44. The number of para-hydroxylation sites is 2. The van der Waals surface area contributed by atoms with Crippen LogP contribution < -0.4 is 9.64 Å². The van der Waals surface area contributed by atoms with Crippen molar-refractivity contribution in [1.29, 1.82) is 0 Å². The Kier molecular flexibility index (Phi) is 6.17. The number of aromatic nitrogens is 1. The van der Waals surface area contributed by atoms with Gasteiger partial charge < -0.3 is 24.1 Å². The zero-order valence-corrected chi connectivity index (χ0v) is 18.8. The lowest BCUT2D eigenvalue weighted by atomic mass is 10.1. The zero-order chi connectivity index (χ0) is 24.2. The van der Waals surface area contributed by atoms with Gasteiger partial charge in [0.1, 0.15) is 23.5 Å². The number of oxazole rings is 1. The number of hydrogen-bond acceptors (Lipinski definition) is 6. The first kappa shape index (κ1) is 22.2. The molecule has 0 bridgehead atoms. The first-order chi connectivity index (χ1) is 17.1. The number of amides is 1. The molecule has 1 aliphatic rings. The second-order valence-corrected chi connectivity index (χ2v) is 8.10. The number of aromatic carboxylic acids is 1. The number of anilines is 1. The molecule has 35 heavy (non-hydrogen) atoms. The van der Waals surface area contributed by atoms with Crippen molar-refractivity contribution in [2.75, 3.05) is 31.1 Å². The quantitative estimate of drug-likeness (QED) is 0.434. The lowest BCUT2D eigenvalue weighted by Gasteiger charge is -2.36. The molecule has 1 aromatic heterocycles. The van der Waals surface area contributed by atoms with E-state index in [9.17, 15) is 14.7 Å². The molecule has 0 spiro atoms. The van der Waals surface area contributed by atoms with Crippen molar-refractivity contribution in [3.63, 3.8) is 0 Å². The fraction of sp³-hybridized carbons (Fsp3) is 0.148. The molecule has 1 amide bonds. The molecular weight excluding hydrogens is 446 g/mol. The molecule has 1 fully saturated rings. The van der Waals surface area contributed by atoms with E-state index in [0.717, 1.165) is 5.56 Å². The SMILES string of the molecule is O=C(O)c1ccccc1N1CCN(C(=O)c2cccc(Oc3ccccc3-c3cocn3)c2)CC1. The van der Waals surface area contributed by atoms with E-state index < -0.39 is 5.97 Å². The first-order valence-electron chi connectivity index (χ1n) is 11.2. The van der Waals surface area contributed by atoms with Crippen LogP contribution in [0.15, 0.2) is 89.9 Å². The molecule has 5 rings (SSSR count). The molecule has 8 nitrogen and oxygen atoms in total. The van der Waals surface area contributed by atoms with Gasteiger partial charge in [0, 0.05) is 37.3 Å². The lowest BCUT2D eigenvalue weighted by Crippen LogP contribution is -2.49. The number of ether oxygens (including phenoxy) is 1. The summed E-state index contributed by atoms with van der Waals surface area (Å²) in [6.07, 6.45) is 2.92. The van der Waals surface area contributed by atoms with Gasteiger partial charge in [0.05, 0.1) is 11.3 Å². The summed E-state index contributed by atoms with van der Waals surface area (Å²) in [5.74, 6) is 0.102. The maximum atomic E-state index is 13.2. The number of carbonyl (C=O) groups excluding carboxylic acids is 1. The third-order valence-corrected chi connectivity index (χ3v) is 5.95. The molecule has 4 aromatic rings. The van der Waals surface area contributed by atoms with Crippen LogP contribution in [0.5, 0.6) is 11.5 Å². The summed E-state index contributed by atoms with van der Waals surface area (Å²) in [7, 11) is 0. The van der Waals surface area contributed by atoms with Gasteiger partial charge in [-0.1, -0.05) is 30.3 Å². The maximum absolute atomic E-state index is 13.2. The topological polar surface area (TPSA) is 96.1 Å². The standard InChI is InChI=1S/C27H23N3O5/c31-26(30-14-12-29(13-15-30)24-10-3-1-9-22(24)27(32)33)19-6-5-7-20(16-19)35-25-11-4-2-8-21(25)23-17-34-18-28-23/h1-11,16-18H,12-15H2,(H,32,33). The minimum atomic E-state index is -0.957. The molecule has 0 atom stereocenters. The number of piperazine rings is 1. The third-order valence-electron chi connectivity index (χ3n) is 5.95. The highest BCUT2D eigenvalue weighted by atomic mass is 16.5. The van der Waals surface area contributed by atoms with Gasteiger partial charge in [-0.3, -0.25) is 4.79 Å². The van der Waals surface area contributed by atoms with Crippen molar-refractivity contribution in [3.8, 4) is 22.8 Å². The predicted octanol–water partition coefficient (Wildman–Crippen LogP) is 4.79. The summed E-state index contributed by atoms with van der Waals surface area (Å²) in [6, 6.07) is 21.5. The second-order valence-electron chi connectivity index (χ2n) is 8.10. The summed E-state index contributed by atoms with van der Waals surface area (Å²) in [6.45, 7) is 2.09. The van der Waals surface area contributed by atoms with E-state index in [-0.39, 0.29) is 11.5 Å². The van der Waals surface area contributed by atoms with Crippen molar-refractivity contribution in [1.82, 2.24) is 9.88 Å². The number of hydrogen-bond donors (Lipinski definition) is 1. The van der Waals surface area contributed by atoms with Gasteiger partial charge in [0.2, 0.25) is 0 Å².